The number of rotatable bonds is 7. The molecule has 0 unspecified atom stereocenters. The van der Waals surface area contributed by atoms with Gasteiger partial charge in [-0.1, -0.05) is 54.2 Å². The van der Waals surface area contributed by atoms with Crippen LogP contribution in [0.25, 0.3) is 0 Å². The number of nitrogens with zero attached hydrogens (tertiary/aromatic N) is 1. The second-order valence-corrected chi connectivity index (χ2v) is 9.40. The van der Waals surface area contributed by atoms with Gasteiger partial charge in [-0.05, 0) is 44.5 Å². The fraction of sp³-hybridized carbons (Fsp3) is 0.333. The molecule has 202 valence electrons. The number of aryl methyl sites for hydroxylation is 2. The minimum atomic E-state index is -0.889. The molecule has 2 aromatic carbocycles. The first-order chi connectivity index (χ1) is 18.7. The van der Waals surface area contributed by atoms with E-state index in [1.54, 1.807) is 48.5 Å². The SMILES string of the molecule is CCCC#Cc1cn([C@H]2C[C@H](OC(=O)c3ccc(C)cc3)[C@@H](COC(=O)c3ccc(C)cc3)O2)c(=O)[nH]c1=O. The molecule has 0 saturated carbocycles. The zero-order valence-corrected chi connectivity index (χ0v) is 22.1. The van der Waals surface area contributed by atoms with Gasteiger partial charge in [-0.15, -0.1) is 0 Å². The Bertz CT molecular complexity index is 1510. The molecule has 2 heterocycles. The molecule has 9 nitrogen and oxygen atoms in total. The number of hydrogen-bond donors (Lipinski definition) is 1. The van der Waals surface area contributed by atoms with Crippen molar-refractivity contribution in [1.82, 2.24) is 9.55 Å². The van der Waals surface area contributed by atoms with Crippen molar-refractivity contribution in [2.24, 2.45) is 0 Å². The highest BCUT2D eigenvalue weighted by Gasteiger charge is 2.40. The van der Waals surface area contributed by atoms with E-state index >= 15 is 0 Å². The first kappa shape index (κ1) is 27.6. The lowest BCUT2D eigenvalue weighted by atomic mass is 10.1. The molecule has 4 rings (SSSR count). The van der Waals surface area contributed by atoms with Crippen molar-refractivity contribution in [1.29, 1.82) is 0 Å². The third-order valence-corrected chi connectivity index (χ3v) is 6.27. The average Bonchev–Trinajstić information content (AvgIpc) is 3.31. The molecule has 0 bridgehead atoms. The molecule has 0 radical (unpaired) electrons. The number of aromatic nitrogens is 2. The number of carbonyl (C=O) groups excluding carboxylic acids is 2. The maximum Gasteiger partial charge on any atom is 0.338 e. The van der Waals surface area contributed by atoms with Crippen molar-refractivity contribution in [3.8, 4) is 11.8 Å². The van der Waals surface area contributed by atoms with Crippen LogP contribution in [-0.4, -0.2) is 40.3 Å². The Morgan fingerprint density at radius 2 is 1.62 bits per heavy atom. The minimum absolute atomic E-state index is 0.0954. The van der Waals surface area contributed by atoms with Crippen LogP contribution in [0.4, 0.5) is 0 Å². The van der Waals surface area contributed by atoms with Gasteiger partial charge in [-0.3, -0.25) is 14.3 Å². The molecule has 1 N–H and O–H groups in total. The monoisotopic (exact) mass is 530 g/mol. The van der Waals surface area contributed by atoms with Gasteiger partial charge in [0, 0.05) is 19.0 Å². The molecule has 1 aliphatic rings. The van der Waals surface area contributed by atoms with Crippen molar-refractivity contribution < 1.29 is 23.8 Å². The van der Waals surface area contributed by atoms with Crippen LogP contribution in [0.3, 0.4) is 0 Å². The third kappa shape index (κ3) is 6.92. The smallest absolute Gasteiger partial charge is 0.338 e. The lowest BCUT2D eigenvalue weighted by Gasteiger charge is -2.19. The van der Waals surface area contributed by atoms with Crippen LogP contribution in [0.5, 0.6) is 0 Å². The number of nitrogens with one attached hydrogen (secondary N) is 1. The largest absolute Gasteiger partial charge is 0.459 e. The number of ether oxygens (including phenoxy) is 3. The van der Waals surface area contributed by atoms with Gasteiger partial charge in [-0.25, -0.2) is 14.4 Å². The highest BCUT2D eigenvalue weighted by atomic mass is 16.6. The van der Waals surface area contributed by atoms with Crippen LogP contribution in [0, 0.1) is 25.7 Å². The summed E-state index contributed by atoms with van der Waals surface area (Å²) in [5.41, 5.74) is 1.56. The Kier molecular flexibility index (Phi) is 8.79. The molecule has 3 atom stereocenters. The Hall–Kier alpha value is -4.42. The summed E-state index contributed by atoms with van der Waals surface area (Å²) in [5, 5.41) is 0. The van der Waals surface area contributed by atoms with E-state index in [4.69, 9.17) is 14.2 Å². The highest BCUT2D eigenvalue weighted by Crippen LogP contribution is 2.31. The summed E-state index contributed by atoms with van der Waals surface area (Å²) in [6.07, 6.45) is 0.291. The molecule has 1 saturated heterocycles. The van der Waals surface area contributed by atoms with Gasteiger partial charge in [0.1, 0.15) is 30.6 Å². The first-order valence-electron chi connectivity index (χ1n) is 12.8. The first-order valence-corrected chi connectivity index (χ1v) is 12.8. The number of benzene rings is 2. The van der Waals surface area contributed by atoms with Crippen LogP contribution < -0.4 is 11.2 Å². The van der Waals surface area contributed by atoms with Gasteiger partial charge in [0.25, 0.3) is 5.56 Å². The van der Waals surface area contributed by atoms with Gasteiger partial charge >= 0.3 is 17.6 Å². The predicted molar refractivity (Wildman–Crippen MR) is 143 cm³/mol. The predicted octanol–water partition coefficient (Wildman–Crippen LogP) is 3.68. The zero-order valence-electron chi connectivity index (χ0n) is 22.1. The second kappa shape index (κ2) is 12.4. The van der Waals surface area contributed by atoms with Gasteiger partial charge < -0.3 is 14.2 Å². The molecular weight excluding hydrogens is 500 g/mol. The summed E-state index contributed by atoms with van der Waals surface area (Å²) < 4.78 is 18.5. The topological polar surface area (TPSA) is 117 Å². The van der Waals surface area contributed by atoms with Crippen molar-refractivity contribution in [3.05, 3.63) is 103 Å². The van der Waals surface area contributed by atoms with E-state index in [0.717, 1.165) is 17.5 Å². The normalized spacial score (nSPS) is 18.2. The summed E-state index contributed by atoms with van der Waals surface area (Å²) in [7, 11) is 0. The van der Waals surface area contributed by atoms with Gasteiger partial charge in [-0.2, -0.15) is 0 Å². The van der Waals surface area contributed by atoms with Crippen LogP contribution >= 0.6 is 0 Å². The fourth-order valence-electron chi connectivity index (χ4n) is 4.04. The fourth-order valence-corrected chi connectivity index (χ4v) is 4.04. The summed E-state index contributed by atoms with van der Waals surface area (Å²) >= 11 is 0. The van der Waals surface area contributed by atoms with Crippen molar-refractivity contribution in [3.63, 3.8) is 0 Å². The van der Waals surface area contributed by atoms with E-state index < -0.39 is 41.6 Å². The number of esters is 2. The molecule has 0 spiro atoms. The van der Waals surface area contributed by atoms with E-state index in [0.29, 0.717) is 17.5 Å². The number of carbonyl (C=O) groups is 2. The Morgan fingerprint density at radius 1 is 1.00 bits per heavy atom. The standard InChI is InChI=1S/C30H30N2O7/c1-4-5-6-7-23-17-32(30(36)31-27(23)33)26-16-24(39-29(35)22-14-10-20(3)11-15-22)25(38-26)18-37-28(34)21-12-8-19(2)9-13-21/h8-15,17,24-26H,4-5,16,18H2,1-3H3,(H,31,33,36)/t24-,25+,26+/m0/s1. The van der Waals surface area contributed by atoms with E-state index in [9.17, 15) is 19.2 Å². The quantitative estimate of drug-likeness (QED) is 0.366. The molecule has 1 aliphatic heterocycles. The number of aromatic amines is 1. The van der Waals surface area contributed by atoms with Gasteiger partial charge in [0.2, 0.25) is 0 Å². The van der Waals surface area contributed by atoms with Crippen LogP contribution in [0.1, 0.15) is 69.8 Å². The van der Waals surface area contributed by atoms with Crippen molar-refractivity contribution >= 4 is 11.9 Å². The maximum absolute atomic E-state index is 12.9. The lowest BCUT2D eigenvalue weighted by Crippen LogP contribution is -2.34. The minimum Gasteiger partial charge on any atom is -0.459 e. The van der Waals surface area contributed by atoms with Crippen molar-refractivity contribution in [2.45, 2.75) is 58.5 Å². The van der Waals surface area contributed by atoms with Gasteiger partial charge in [0.05, 0.1) is 11.1 Å². The molecular formula is C30H30N2O7. The highest BCUT2D eigenvalue weighted by molar-refractivity contribution is 5.90. The summed E-state index contributed by atoms with van der Waals surface area (Å²) in [4.78, 5) is 52.7. The van der Waals surface area contributed by atoms with E-state index in [1.165, 1.54) is 10.8 Å². The van der Waals surface area contributed by atoms with E-state index in [2.05, 4.69) is 16.8 Å². The van der Waals surface area contributed by atoms with E-state index in [1.807, 2.05) is 20.8 Å². The average molecular weight is 531 g/mol. The van der Waals surface area contributed by atoms with Crippen LogP contribution in [-0.2, 0) is 14.2 Å². The lowest BCUT2D eigenvalue weighted by molar-refractivity contribution is -0.0582. The number of unbranched alkanes of at least 4 members (excludes halogenated alkanes) is 1. The number of H-pyrrole nitrogens is 1. The molecule has 3 aromatic rings. The Labute approximate surface area is 225 Å². The van der Waals surface area contributed by atoms with Crippen molar-refractivity contribution in [2.75, 3.05) is 6.61 Å². The molecule has 1 aromatic heterocycles. The number of hydrogen-bond acceptors (Lipinski definition) is 7. The molecule has 39 heavy (non-hydrogen) atoms. The zero-order chi connectivity index (χ0) is 27.9. The summed E-state index contributed by atoms with van der Waals surface area (Å²) in [5.74, 6) is 4.55. The Balaban J connectivity index is 1.56. The molecule has 0 aliphatic carbocycles. The maximum atomic E-state index is 12.9. The van der Waals surface area contributed by atoms with Crippen LogP contribution in [0.15, 0.2) is 64.3 Å². The molecule has 9 heteroatoms. The molecule has 1 fully saturated rings. The van der Waals surface area contributed by atoms with Crippen LogP contribution in [0.2, 0.25) is 0 Å². The molecule has 0 amide bonds. The van der Waals surface area contributed by atoms with Gasteiger partial charge in [0.15, 0.2) is 0 Å². The Morgan fingerprint density at radius 3 is 2.23 bits per heavy atom. The second-order valence-electron chi connectivity index (χ2n) is 9.40. The summed E-state index contributed by atoms with van der Waals surface area (Å²) in [6.45, 7) is 5.58. The third-order valence-electron chi connectivity index (χ3n) is 6.27. The summed E-state index contributed by atoms with van der Waals surface area (Å²) in [6, 6.07) is 13.8. The van der Waals surface area contributed by atoms with E-state index in [-0.39, 0.29) is 18.6 Å².